The lowest BCUT2D eigenvalue weighted by molar-refractivity contribution is 0.416. The van der Waals surface area contributed by atoms with Crippen molar-refractivity contribution in [3.05, 3.63) is 40.4 Å². The van der Waals surface area contributed by atoms with E-state index < -0.39 is 0 Å². The van der Waals surface area contributed by atoms with Crippen LogP contribution in [0.3, 0.4) is 0 Å². The SMILES string of the molecule is COc1cc(C)ccc1-c1nnc(Cl)c2sccc12. The second kappa shape index (κ2) is 4.79. The number of fused-ring (bicyclic) bond motifs is 1. The van der Waals surface area contributed by atoms with Crippen molar-refractivity contribution in [2.45, 2.75) is 6.92 Å². The molecule has 0 aliphatic rings. The number of ether oxygens (including phenoxy) is 1. The van der Waals surface area contributed by atoms with Crippen LogP contribution in [-0.2, 0) is 0 Å². The molecule has 0 atom stereocenters. The zero-order chi connectivity index (χ0) is 13.4. The number of rotatable bonds is 2. The van der Waals surface area contributed by atoms with Crippen LogP contribution in [0.4, 0.5) is 0 Å². The highest BCUT2D eigenvalue weighted by molar-refractivity contribution is 7.17. The summed E-state index contributed by atoms with van der Waals surface area (Å²) in [5.74, 6) is 0.795. The number of hydrogen-bond acceptors (Lipinski definition) is 4. The summed E-state index contributed by atoms with van der Waals surface area (Å²) >= 11 is 7.63. The summed E-state index contributed by atoms with van der Waals surface area (Å²) in [6.07, 6.45) is 0. The van der Waals surface area contributed by atoms with E-state index in [-0.39, 0.29) is 0 Å². The van der Waals surface area contributed by atoms with Gasteiger partial charge < -0.3 is 4.74 Å². The monoisotopic (exact) mass is 290 g/mol. The van der Waals surface area contributed by atoms with E-state index in [1.54, 1.807) is 18.4 Å². The third kappa shape index (κ3) is 2.07. The molecule has 0 saturated carbocycles. The van der Waals surface area contributed by atoms with E-state index in [1.165, 1.54) is 0 Å². The first-order valence-corrected chi connectivity index (χ1v) is 7.01. The molecule has 2 aromatic heterocycles. The van der Waals surface area contributed by atoms with Crippen LogP contribution in [0.1, 0.15) is 5.56 Å². The molecule has 0 N–H and O–H groups in total. The van der Waals surface area contributed by atoms with Crippen molar-refractivity contribution in [2.24, 2.45) is 0 Å². The molecule has 0 spiro atoms. The van der Waals surface area contributed by atoms with E-state index in [2.05, 4.69) is 10.2 Å². The Kier molecular flexibility index (Phi) is 3.12. The largest absolute Gasteiger partial charge is 0.496 e. The predicted octanol–water partition coefficient (Wildman–Crippen LogP) is 4.33. The number of aryl methyl sites for hydroxylation is 1. The standard InChI is InChI=1S/C14H11ClN2OS/c1-8-3-4-9(11(7-8)18-2)12-10-5-6-19-13(10)14(15)17-16-12/h3-7H,1-2H3. The van der Waals surface area contributed by atoms with Gasteiger partial charge in [-0.2, -0.15) is 0 Å². The molecule has 2 heterocycles. The van der Waals surface area contributed by atoms with Crippen LogP contribution in [0, 0.1) is 6.92 Å². The highest BCUT2D eigenvalue weighted by atomic mass is 35.5. The van der Waals surface area contributed by atoms with E-state index in [9.17, 15) is 0 Å². The van der Waals surface area contributed by atoms with Crippen LogP contribution in [0.25, 0.3) is 21.3 Å². The second-order valence-electron chi connectivity index (χ2n) is 4.21. The first-order valence-electron chi connectivity index (χ1n) is 5.75. The molecule has 0 fully saturated rings. The average molecular weight is 291 g/mol. The lowest BCUT2D eigenvalue weighted by Gasteiger charge is -2.09. The smallest absolute Gasteiger partial charge is 0.169 e. The Morgan fingerprint density at radius 3 is 2.84 bits per heavy atom. The quantitative estimate of drug-likeness (QED) is 0.704. The molecule has 0 radical (unpaired) electrons. The highest BCUT2D eigenvalue weighted by Crippen LogP contribution is 2.37. The molecule has 0 bridgehead atoms. The first-order chi connectivity index (χ1) is 9.20. The second-order valence-corrected chi connectivity index (χ2v) is 5.48. The molecule has 0 aliphatic heterocycles. The van der Waals surface area contributed by atoms with Crippen molar-refractivity contribution in [3.63, 3.8) is 0 Å². The number of hydrogen-bond donors (Lipinski definition) is 0. The van der Waals surface area contributed by atoms with Gasteiger partial charge in [-0.15, -0.1) is 21.5 Å². The van der Waals surface area contributed by atoms with Gasteiger partial charge in [-0.3, -0.25) is 0 Å². The van der Waals surface area contributed by atoms with Gasteiger partial charge in [0.2, 0.25) is 0 Å². The number of benzene rings is 1. The summed E-state index contributed by atoms with van der Waals surface area (Å²) in [4.78, 5) is 0. The van der Waals surface area contributed by atoms with Gasteiger partial charge in [-0.25, -0.2) is 0 Å². The Morgan fingerprint density at radius 2 is 2.05 bits per heavy atom. The maximum absolute atomic E-state index is 6.06. The van der Waals surface area contributed by atoms with Crippen molar-refractivity contribution in [1.29, 1.82) is 0 Å². The lowest BCUT2D eigenvalue weighted by Crippen LogP contribution is -1.93. The van der Waals surface area contributed by atoms with Crippen molar-refractivity contribution >= 4 is 33.0 Å². The van der Waals surface area contributed by atoms with Crippen LogP contribution in [-0.4, -0.2) is 17.3 Å². The summed E-state index contributed by atoms with van der Waals surface area (Å²) < 4.78 is 6.39. The van der Waals surface area contributed by atoms with Crippen LogP contribution in [0.5, 0.6) is 5.75 Å². The van der Waals surface area contributed by atoms with E-state index in [4.69, 9.17) is 16.3 Å². The Balaban J connectivity index is 2.30. The molecule has 19 heavy (non-hydrogen) atoms. The molecule has 3 nitrogen and oxygen atoms in total. The number of nitrogens with zero attached hydrogens (tertiary/aromatic N) is 2. The predicted molar refractivity (Wildman–Crippen MR) is 79.2 cm³/mol. The van der Waals surface area contributed by atoms with E-state index in [0.29, 0.717) is 5.15 Å². The van der Waals surface area contributed by atoms with Gasteiger partial charge in [-0.1, -0.05) is 17.7 Å². The molecule has 0 saturated heterocycles. The number of aromatic nitrogens is 2. The van der Waals surface area contributed by atoms with Gasteiger partial charge in [-0.05, 0) is 36.1 Å². The van der Waals surface area contributed by atoms with Gasteiger partial charge in [0.15, 0.2) is 5.15 Å². The molecular formula is C14H11ClN2OS. The summed E-state index contributed by atoms with van der Waals surface area (Å²) in [5.41, 5.74) is 2.88. The maximum Gasteiger partial charge on any atom is 0.169 e. The Labute approximate surface area is 119 Å². The summed E-state index contributed by atoms with van der Waals surface area (Å²) in [7, 11) is 1.66. The molecular weight excluding hydrogens is 280 g/mol. The minimum Gasteiger partial charge on any atom is -0.496 e. The van der Waals surface area contributed by atoms with E-state index >= 15 is 0 Å². The molecule has 0 aliphatic carbocycles. The van der Waals surface area contributed by atoms with Gasteiger partial charge in [0.1, 0.15) is 11.4 Å². The Morgan fingerprint density at radius 1 is 1.21 bits per heavy atom. The molecule has 0 amide bonds. The lowest BCUT2D eigenvalue weighted by atomic mass is 10.1. The zero-order valence-corrected chi connectivity index (χ0v) is 12.0. The fourth-order valence-electron chi connectivity index (χ4n) is 2.04. The molecule has 3 rings (SSSR count). The fraction of sp³-hybridized carbons (Fsp3) is 0.143. The fourth-order valence-corrected chi connectivity index (χ4v) is 3.08. The summed E-state index contributed by atoms with van der Waals surface area (Å²) in [5, 5.41) is 11.7. The summed E-state index contributed by atoms with van der Waals surface area (Å²) in [6, 6.07) is 8.04. The van der Waals surface area contributed by atoms with Crippen LogP contribution in [0.15, 0.2) is 29.6 Å². The highest BCUT2D eigenvalue weighted by Gasteiger charge is 2.14. The molecule has 3 aromatic rings. The number of methoxy groups -OCH3 is 1. The Bertz CT molecular complexity index is 754. The minimum absolute atomic E-state index is 0.444. The van der Waals surface area contributed by atoms with Gasteiger partial charge in [0.05, 0.1) is 11.8 Å². The third-order valence-corrected chi connectivity index (χ3v) is 4.26. The van der Waals surface area contributed by atoms with Crippen molar-refractivity contribution in [1.82, 2.24) is 10.2 Å². The first kappa shape index (κ1) is 12.4. The van der Waals surface area contributed by atoms with Crippen LogP contribution in [0.2, 0.25) is 5.15 Å². The van der Waals surface area contributed by atoms with Crippen molar-refractivity contribution < 1.29 is 4.74 Å². The maximum atomic E-state index is 6.06. The molecule has 96 valence electrons. The Hall–Kier alpha value is -1.65. The van der Waals surface area contributed by atoms with E-state index in [0.717, 1.165) is 32.7 Å². The minimum atomic E-state index is 0.444. The third-order valence-electron chi connectivity index (χ3n) is 2.96. The topological polar surface area (TPSA) is 35.0 Å². The summed E-state index contributed by atoms with van der Waals surface area (Å²) in [6.45, 7) is 2.03. The van der Waals surface area contributed by atoms with Gasteiger partial charge in [0.25, 0.3) is 0 Å². The van der Waals surface area contributed by atoms with Crippen LogP contribution >= 0.6 is 22.9 Å². The van der Waals surface area contributed by atoms with Gasteiger partial charge in [0, 0.05) is 10.9 Å². The van der Waals surface area contributed by atoms with Crippen molar-refractivity contribution in [3.8, 4) is 17.0 Å². The number of halogens is 1. The normalized spacial score (nSPS) is 10.9. The molecule has 1 aromatic carbocycles. The van der Waals surface area contributed by atoms with Crippen LogP contribution < -0.4 is 4.74 Å². The number of thiophene rings is 1. The zero-order valence-electron chi connectivity index (χ0n) is 10.5. The molecule has 5 heteroatoms. The van der Waals surface area contributed by atoms with Crippen molar-refractivity contribution in [2.75, 3.05) is 7.11 Å². The average Bonchev–Trinajstić information content (AvgIpc) is 2.90. The molecule has 0 unspecified atom stereocenters. The van der Waals surface area contributed by atoms with Gasteiger partial charge >= 0.3 is 0 Å². The van der Waals surface area contributed by atoms with E-state index in [1.807, 2.05) is 36.6 Å².